The van der Waals surface area contributed by atoms with Gasteiger partial charge in [-0.2, -0.15) is 26.3 Å². The Morgan fingerprint density at radius 2 is 1.19 bits per heavy atom. The molecular formula is C15H24F6N2O5S2Si. The minimum atomic E-state index is -6.72. The molecule has 0 aliphatic heterocycles. The maximum absolute atomic E-state index is 11.4. The van der Waals surface area contributed by atoms with Crippen LogP contribution in [0.25, 0.3) is 4.13 Å². The van der Waals surface area contributed by atoms with Gasteiger partial charge >= 0.3 is 11.0 Å². The van der Waals surface area contributed by atoms with E-state index in [4.69, 9.17) is 4.43 Å². The van der Waals surface area contributed by atoms with Gasteiger partial charge in [0.1, 0.15) is 0 Å². The Labute approximate surface area is 178 Å². The minimum Gasteiger partial charge on any atom is -0.421 e. The van der Waals surface area contributed by atoms with Gasteiger partial charge < -0.3 is 8.55 Å². The van der Waals surface area contributed by atoms with Crippen LogP contribution in [0.1, 0.15) is 20.8 Å². The zero-order valence-electron chi connectivity index (χ0n) is 16.9. The second-order valence-corrected chi connectivity index (χ2v) is 14.3. The van der Waals surface area contributed by atoms with Crippen LogP contribution in [0.4, 0.5) is 26.3 Å². The third-order valence-electron chi connectivity index (χ3n) is 4.25. The molecule has 0 amide bonds. The molecule has 182 valence electrons. The molecule has 0 atom stereocenters. The van der Waals surface area contributed by atoms with Crippen LogP contribution in [-0.4, -0.2) is 42.8 Å². The summed E-state index contributed by atoms with van der Waals surface area (Å²) in [5, 5.41) is 0. The molecule has 0 unspecified atom stereocenters. The van der Waals surface area contributed by atoms with Crippen molar-refractivity contribution in [2.24, 2.45) is 0 Å². The summed E-state index contributed by atoms with van der Waals surface area (Å²) in [5.41, 5.74) is -12.4. The van der Waals surface area contributed by atoms with Crippen molar-refractivity contribution in [1.82, 2.24) is 0 Å². The van der Waals surface area contributed by atoms with Gasteiger partial charge in [0.25, 0.3) is 0 Å². The highest BCUT2D eigenvalue weighted by atomic mass is 32.3. The molecule has 0 spiro atoms. The van der Waals surface area contributed by atoms with Gasteiger partial charge in [-0.25, -0.2) is 21.4 Å². The van der Waals surface area contributed by atoms with Crippen molar-refractivity contribution in [2.75, 3.05) is 6.61 Å². The predicted octanol–water partition coefficient (Wildman–Crippen LogP) is 4.06. The van der Waals surface area contributed by atoms with Gasteiger partial charge in [0, 0.05) is 12.1 Å². The lowest BCUT2D eigenvalue weighted by Gasteiger charge is -2.27. The lowest BCUT2D eigenvalue weighted by atomic mass is 10.5. The number of alkyl halides is 6. The molecule has 0 aliphatic rings. The average molecular weight is 519 g/mol. The van der Waals surface area contributed by atoms with Crippen molar-refractivity contribution in [3.63, 3.8) is 0 Å². The molecule has 31 heavy (non-hydrogen) atoms. The van der Waals surface area contributed by atoms with Crippen molar-refractivity contribution in [1.29, 1.82) is 0 Å². The normalized spacial score (nSPS) is 13.5. The Kier molecular flexibility index (Phi) is 11.1. The third-order valence-corrected chi connectivity index (χ3v) is 11.7. The summed E-state index contributed by atoms with van der Waals surface area (Å²) in [7, 11) is -14.8. The van der Waals surface area contributed by atoms with E-state index >= 15 is 0 Å². The smallest absolute Gasteiger partial charge is 0.421 e. The first-order valence-electron chi connectivity index (χ1n) is 8.91. The van der Waals surface area contributed by atoms with Gasteiger partial charge in [-0.1, -0.05) is 26.8 Å². The molecule has 0 fully saturated rings. The number of hydrogen-bond acceptors (Lipinski definition) is 5. The molecule has 1 aromatic heterocycles. The zero-order chi connectivity index (χ0) is 24.6. The topological polar surface area (TPSA) is 95.5 Å². The highest BCUT2D eigenvalue weighted by Gasteiger charge is 2.46. The highest BCUT2D eigenvalue weighted by Crippen LogP contribution is 2.36. The number of halogens is 6. The molecule has 16 heteroatoms. The molecule has 0 saturated carbocycles. The fourth-order valence-corrected chi connectivity index (χ4v) is 6.57. The summed E-state index contributed by atoms with van der Waals surface area (Å²) in [6, 6.07) is 9.87. The monoisotopic (exact) mass is 518 g/mol. The first-order valence-corrected chi connectivity index (χ1v) is 14.3. The molecule has 1 aromatic rings. The van der Waals surface area contributed by atoms with E-state index in [2.05, 4.69) is 49.9 Å². The molecule has 1 heterocycles. The van der Waals surface area contributed by atoms with Crippen molar-refractivity contribution in [3.05, 3.63) is 34.7 Å². The molecule has 0 N–H and O–H groups in total. The lowest BCUT2D eigenvalue weighted by Crippen LogP contribution is -2.41. The van der Waals surface area contributed by atoms with Crippen molar-refractivity contribution < 1.29 is 52.2 Å². The van der Waals surface area contributed by atoms with Crippen molar-refractivity contribution >= 4 is 28.4 Å². The van der Waals surface area contributed by atoms with Crippen LogP contribution < -0.4 is 4.57 Å². The SMILES string of the molecule is CC[Si](CC)(CC)OCC[n+]1ccccc1.O=S(=O)([N-]S(=O)(=O)C(F)(F)F)C(F)(F)F. The Balaban J connectivity index is 0.000000582. The molecule has 0 aromatic carbocycles. The first kappa shape index (κ1) is 29.8. The predicted molar refractivity (Wildman–Crippen MR) is 103 cm³/mol. The fraction of sp³-hybridized carbons (Fsp3) is 0.667. The molecule has 0 saturated heterocycles. The summed E-state index contributed by atoms with van der Waals surface area (Å²) in [6.45, 7) is 8.64. The van der Waals surface area contributed by atoms with E-state index in [1.807, 2.05) is 6.07 Å². The van der Waals surface area contributed by atoms with E-state index in [9.17, 15) is 43.2 Å². The number of hydrogen-bond donors (Lipinski definition) is 0. The van der Waals surface area contributed by atoms with Gasteiger partial charge in [-0.05, 0) is 18.1 Å². The third kappa shape index (κ3) is 9.42. The Hall–Kier alpha value is -1.23. The van der Waals surface area contributed by atoms with E-state index in [1.54, 1.807) is 0 Å². The van der Waals surface area contributed by atoms with Gasteiger partial charge in [-0.15, -0.1) is 0 Å². The molecule has 0 bridgehead atoms. The van der Waals surface area contributed by atoms with Crippen molar-refractivity contribution in [3.8, 4) is 0 Å². The largest absolute Gasteiger partial charge is 0.480 e. The molecular weight excluding hydrogens is 494 g/mol. The molecule has 0 aliphatic carbocycles. The number of sulfonamides is 2. The number of aromatic nitrogens is 1. The Morgan fingerprint density at radius 3 is 1.52 bits per heavy atom. The molecule has 0 radical (unpaired) electrons. The van der Waals surface area contributed by atoms with E-state index in [0.717, 1.165) is 17.3 Å². The lowest BCUT2D eigenvalue weighted by molar-refractivity contribution is -0.697. The number of pyridine rings is 1. The van der Waals surface area contributed by atoms with Gasteiger partial charge in [-0.3, -0.25) is 0 Å². The average Bonchev–Trinajstić information content (AvgIpc) is 2.64. The van der Waals surface area contributed by atoms with Crippen LogP contribution in [0.3, 0.4) is 0 Å². The Bertz CT molecular complexity index is 823. The Morgan fingerprint density at radius 1 is 0.806 bits per heavy atom. The van der Waals surface area contributed by atoms with E-state index in [1.165, 1.54) is 18.1 Å². The summed E-state index contributed by atoms with van der Waals surface area (Å²) >= 11 is 0. The van der Waals surface area contributed by atoms with E-state index in [0.29, 0.717) is 0 Å². The van der Waals surface area contributed by atoms with Crippen LogP contribution in [0.15, 0.2) is 30.6 Å². The fourth-order valence-electron chi connectivity index (χ4n) is 2.22. The zero-order valence-corrected chi connectivity index (χ0v) is 19.6. The summed E-state index contributed by atoms with van der Waals surface area (Å²) in [4.78, 5) is 0. The van der Waals surface area contributed by atoms with Gasteiger partial charge in [0.2, 0.25) is 0 Å². The van der Waals surface area contributed by atoms with Crippen LogP contribution in [0.5, 0.6) is 0 Å². The summed E-state index contributed by atoms with van der Waals surface area (Å²) < 4.78 is 118. The van der Waals surface area contributed by atoms with E-state index < -0.39 is 39.4 Å². The van der Waals surface area contributed by atoms with Crippen LogP contribution in [-0.2, 0) is 31.0 Å². The van der Waals surface area contributed by atoms with E-state index in [-0.39, 0.29) is 0 Å². The second kappa shape index (κ2) is 11.6. The second-order valence-electron chi connectivity index (χ2n) is 6.12. The van der Waals surface area contributed by atoms with Gasteiger partial charge in [0.05, 0.1) is 6.61 Å². The van der Waals surface area contributed by atoms with Crippen LogP contribution in [0.2, 0.25) is 18.1 Å². The highest BCUT2D eigenvalue weighted by molar-refractivity contribution is 8.13. The summed E-state index contributed by atoms with van der Waals surface area (Å²) in [5.74, 6) is 0. The number of nitrogens with zero attached hydrogens (tertiary/aromatic N) is 2. The molecule has 1 rings (SSSR count). The maximum Gasteiger partial charge on any atom is 0.480 e. The number of rotatable bonds is 9. The van der Waals surface area contributed by atoms with Crippen LogP contribution in [0, 0.1) is 0 Å². The minimum absolute atomic E-state index is 0.778. The first-order chi connectivity index (χ1) is 14.0. The van der Waals surface area contributed by atoms with Gasteiger partial charge in [0.15, 0.2) is 47.3 Å². The molecule has 7 nitrogen and oxygen atoms in total. The maximum atomic E-state index is 11.4. The summed E-state index contributed by atoms with van der Waals surface area (Å²) in [6.07, 6.45) is 4.19. The quantitative estimate of drug-likeness (QED) is 0.279. The standard InChI is InChI=1S/C13H24NOSi.C2F6NO4S2/c1-4-16(5-2,6-3)15-13-12-14-10-8-7-9-11-14;3-1(4,5)14(10,11)9-15(12,13)2(6,7)8/h7-11H,4-6,12-13H2,1-3H3;/q+1;-1. The van der Waals surface area contributed by atoms with Crippen molar-refractivity contribution in [2.45, 2.75) is 56.5 Å². The van der Waals surface area contributed by atoms with Crippen LogP contribution >= 0.6 is 0 Å².